The van der Waals surface area contributed by atoms with Crippen LogP contribution in [0, 0.1) is 0 Å². The fourth-order valence-electron chi connectivity index (χ4n) is 3.17. The lowest BCUT2D eigenvalue weighted by molar-refractivity contribution is -0.121. The van der Waals surface area contributed by atoms with E-state index >= 15 is 0 Å². The fourth-order valence-corrected chi connectivity index (χ4v) is 3.17. The Kier molecular flexibility index (Phi) is 4.27. The van der Waals surface area contributed by atoms with Crippen molar-refractivity contribution in [3.05, 3.63) is 53.6 Å². The molecule has 138 valence electrons. The number of nitrogens with one attached hydrogen (secondary N) is 1. The topological polar surface area (TPSA) is 84.9 Å². The van der Waals surface area contributed by atoms with E-state index in [0.717, 1.165) is 10.5 Å². The molecule has 2 aromatic rings. The molecule has 0 saturated carbocycles. The summed E-state index contributed by atoms with van der Waals surface area (Å²) in [4.78, 5) is 37.3. The molecule has 4 rings (SSSR count). The molecule has 27 heavy (non-hydrogen) atoms. The Labute approximate surface area is 155 Å². The first-order valence-electron chi connectivity index (χ1n) is 8.69. The highest BCUT2D eigenvalue weighted by Crippen LogP contribution is 2.34. The van der Waals surface area contributed by atoms with Gasteiger partial charge in [0.05, 0.1) is 11.7 Å². The van der Waals surface area contributed by atoms with Crippen LogP contribution in [-0.2, 0) is 9.59 Å². The Bertz CT molecular complexity index is 906. The van der Waals surface area contributed by atoms with Gasteiger partial charge in [-0.05, 0) is 48.9 Å². The number of benzene rings is 2. The second-order valence-electron chi connectivity index (χ2n) is 6.48. The van der Waals surface area contributed by atoms with Crippen molar-refractivity contribution in [3.8, 4) is 11.5 Å². The number of anilines is 1. The molecule has 7 heteroatoms. The van der Waals surface area contributed by atoms with Crippen LogP contribution >= 0.6 is 0 Å². The average Bonchev–Trinajstić information content (AvgIpc) is 3.27. The minimum absolute atomic E-state index is 0.202. The predicted molar refractivity (Wildman–Crippen MR) is 96.6 cm³/mol. The van der Waals surface area contributed by atoms with E-state index < -0.39 is 0 Å². The van der Waals surface area contributed by atoms with Gasteiger partial charge in [0.1, 0.15) is 0 Å². The summed E-state index contributed by atoms with van der Waals surface area (Å²) < 4.78 is 10.7. The smallest absolute Gasteiger partial charge is 0.251 e. The van der Waals surface area contributed by atoms with Crippen molar-refractivity contribution in [1.82, 2.24) is 5.32 Å². The van der Waals surface area contributed by atoms with Gasteiger partial charge in [0, 0.05) is 18.4 Å². The van der Waals surface area contributed by atoms with Crippen LogP contribution in [0.2, 0.25) is 0 Å². The summed E-state index contributed by atoms with van der Waals surface area (Å²) in [6, 6.07) is 11.8. The highest BCUT2D eigenvalue weighted by Gasteiger charge is 2.30. The van der Waals surface area contributed by atoms with E-state index in [1.54, 1.807) is 24.3 Å². The zero-order chi connectivity index (χ0) is 19.0. The minimum atomic E-state index is -0.245. The largest absolute Gasteiger partial charge is 0.454 e. The molecule has 2 aromatic carbocycles. The van der Waals surface area contributed by atoms with E-state index in [-0.39, 0.29) is 43.4 Å². The van der Waals surface area contributed by atoms with Crippen LogP contribution < -0.4 is 19.7 Å². The Hall–Kier alpha value is -3.35. The molecule has 1 fully saturated rings. The number of ether oxygens (including phenoxy) is 2. The predicted octanol–water partition coefficient (Wildman–Crippen LogP) is 2.56. The number of nitrogens with zero attached hydrogens (tertiary/aromatic N) is 1. The van der Waals surface area contributed by atoms with Crippen molar-refractivity contribution in [2.24, 2.45) is 0 Å². The number of carbonyl (C=O) groups is 3. The molecule has 2 heterocycles. The number of rotatable bonds is 4. The van der Waals surface area contributed by atoms with Crippen molar-refractivity contribution < 1.29 is 23.9 Å². The summed E-state index contributed by atoms with van der Waals surface area (Å²) in [7, 11) is 0. The van der Waals surface area contributed by atoms with E-state index in [1.165, 1.54) is 0 Å². The molecule has 1 N–H and O–H groups in total. The molecule has 0 aliphatic carbocycles. The summed E-state index contributed by atoms with van der Waals surface area (Å²) in [6.45, 7) is 2.08. The van der Waals surface area contributed by atoms with Crippen LogP contribution in [0.25, 0.3) is 0 Å². The average molecular weight is 366 g/mol. The van der Waals surface area contributed by atoms with Crippen molar-refractivity contribution in [1.29, 1.82) is 0 Å². The zero-order valence-electron chi connectivity index (χ0n) is 14.7. The van der Waals surface area contributed by atoms with Crippen molar-refractivity contribution in [2.75, 3.05) is 11.7 Å². The van der Waals surface area contributed by atoms with Crippen LogP contribution in [-0.4, -0.2) is 24.5 Å². The maximum atomic E-state index is 12.5. The third-order valence-corrected chi connectivity index (χ3v) is 4.68. The van der Waals surface area contributed by atoms with Crippen molar-refractivity contribution >= 4 is 23.4 Å². The third-order valence-electron chi connectivity index (χ3n) is 4.68. The lowest BCUT2D eigenvalue weighted by Gasteiger charge is -2.16. The summed E-state index contributed by atoms with van der Waals surface area (Å²) in [5, 5.41) is 2.93. The molecule has 0 radical (unpaired) electrons. The molecular weight excluding hydrogens is 348 g/mol. The monoisotopic (exact) mass is 366 g/mol. The second-order valence-corrected chi connectivity index (χ2v) is 6.48. The number of carbonyl (C=O) groups excluding carboxylic acids is 3. The van der Waals surface area contributed by atoms with Gasteiger partial charge in [-0.3, -0.25) is 19.3 Å². The molecule has 0 aromatic heterocycles. The quantitative estimate of drug-likeness (QED) is 0.841. The van der Waals surface area contributed by atoms with Gasteiger partial charge in [0.15, 0.2) is 11.5 Å². The van der Waals surface area contributed by atoms with Gasteiger partial charge in [0.2, 0.25) is 18.6 Å². The highest BCUT2D eigenvalue weighted by atomic mass is 16.7. The zero-order valence-corrected chi connectivity index (χ0v) is 14.7. The first-order chi connectivity index (χ1) is 13.0. The van der Waals surface area contributed by atoms with Gasteiger partial charge in [-0.15, -0.1) is 0 Å². The lowest BCUT2D eigenvalue weighted by Crippen LogP contribution is -2.29. The standard InChI is InChI=1S/C20H18N2O5/c1-12(14-4-7-16-17(10-14)27-11-26-16)21-20(25)13-2-5-15(6-3-13)22-18(23)8-9-19(22)24/h2-7,10,12H,8-9,11H2,1H3,(H,21,25). The Morgan fingerprint density at radius 2 is 1.67 bits per heavy atom. The Morgan fingerprint density at radius 1 is 1.00 bits per heavy atom. The first kappa shape index (κ1) is 17.1. The minimum Gasteiger partial charge on any atom is -0.454 e. The summed E-state index contributed by atoms with van der Waals surface area (Å²) in [5.74, 6) is 0.685. The van der Waals surface area contributed by atoms with Crippen LogP contribution in [0.1, 0.15) is 41.7 Å². The van der Waals surface area contributed by atoms with Gasteiger partial charge in [-0.25, -0.2) is 0 Å². The number of hydrogen-bond acceptors (Lipinski definition) is 5. The number of fused-ring (bicyclic) bond motifs is 1. The summed E-state index contributed by atoms with van der Waals surface area (Å²) >= 11 is 0. The molecule has 1 unspecified atom stereocenters. The van der Waals surface area contributed by atoms with Crippen molar-refractivity contribution in [2.45, 2.75) is 25.8 Å². The molecule has 1 atom stereocenters. The molecule has 1 saturated heterocycles. The summed E-state index contributed by atoms with van der Waals surface area (Å²) in [6.07, 6.45) is 0.461. The molecule has 0 bridgehead atoms. The Balaban J connectivity index is 1.45. The van der Waals surface area contributed by atoms with Crippen molar-refractivity contribution in [3.63, 3.8) is 0 Å². The third kappa shape index (κ3) is 3.23. The van der Waals surface area contributed by atoms with Gasteiger partial charge < -0.3 is 14.8 Å². The maximum Gasteiger partial charge on any atom is 0.251 e. The van der Waals surface area contributed by atoms with Gasteiger partial charge in [-0.1, -0.05) is 6.07 Å². The van der Waals surface area contributed by atoms with Crippen LogP contribution in [0.15, 0.2) is 42.5 Å². The van der Waals surface area contributed by atoms with E-state index in [4.69, 9.17) is 9.47 Å². The number of amides is 3. The van der Waals surface area contributed by atoms with Gasteiger partial charge >= 0.3 is 0 Å². The molecule has 2 aliphatic heterocycles. The normalized spacial score (nSPS) is 16.6. The molecule has 2 aliphatic rings. The van der Waals surface area contributed by atoms with E-state index in [0.29, 0.717) is 22.7 Å². The van der Waals surface area contributed by atoms with E-state index in [9.17, 15) is 14.4 Å². The SMILES string of the molecule is CC(NC(=O)c1ccc(N2C(=O)CCC2=O)cc1)c1ccc2c(c1)OCO2. The summed E-state index contributed by atoms with van der Waals surface area (Å²) in [5.41, 5.74) is 1.84. The van der Waals surface area contributed by atoms with Crippen LogP contribution in [0.3, 0.4) is 0 Å². The van der Waals surface area contributed by atoms with Crippen LogP contribution in [0.5, 0.6) is 11.5 Å². The molecule has 3 amide bonds. The highest BCUT2D eigenvalue weighted by molar-refractivity contribution is 6.19. The fraction of sp³-hybridized carbons (Fsp3) is 0.250. The molecule has 0 spiro atoms. The maximum absolute atomic E-state index is 12.5. The Morgan fingerprint density at radius 3 is 2.37 bits per heavy atom. The van der Waals surface area contributed by atoms with E-state index in [1.807, 2.05) is 25.1 Å². The lowest BCUT2D eigenvalue weighted by atomic mass is 10.1. The first-order valence-corrected chi connectivity index (χ1v) is 8.69. The second kappa shape index (κ2) is 6.75. The van der Waals surface area contributed by atoms with Gasteiger partial charge in [-0.2, -0.15) is 0 Å². The molecular formula is C20H18N2O5. The van der Waals surface area contributed by atoms with Gasteiger partial charge in [0.25, 0.3) is 5.91 Å². The number of imide groups is 1. The van der Waals surface area contributed by atoms with E-state index in [2.05, 4.69) is 5.32 Å². The van der Waals surface area contributed by atoms with Crippen LogP contribution in [0.4, 0.5) is 5.69 Å². The number of hydrogen-bond donors (Lipinski definition) is 1. The molecule has 7 nitrogen and oxygen atoms in total.